The lowest BCUT2D eigenvalue weighted by Gasteiger charge is -2.43. The number of allylic oxidation sites excluding steroid dienone is 13. The third-order valence-corrected chi connectivity index (χ3v) is 12.0. The van der Waals surface area contributed by atoms with Crippen LogP contribution in [0.2, 0.25) is 0 Å². The first-order chi connectivity index (χ1) is 32.5. The Balaban J connectivity index is 2.72. The molecule has 1 saturated carbocycles. The number of ether oxygens (including phenoxy) is 2. The van der Waals surface area contributed by atoms with Gasteiger partial charge in [0.2, 0.25) is 0 Å². The van der Waals surface area contributed by atoms with Gasteiger partial charge in [0, 0.05) is 12.8 Å². The molecule has 17 nitrogen and oxygen atoms in total. The lowest BCUT2D eigenvalue weighted by atomic mass is 9.85. The van der Waals surface area contributed by atoms with E-state index in [4.69, 9.17) is 18.5 Å². The Kier molecular flexibility index (Phi) is 36.1. The van der Waals surface area contributed by atoms with Crippen LogP contribution in [0.3, 0.4) is 0 Å². The summed E-state index contributed by atoms with van der Waals surface area (Å²) in [5, 5.41) is 51.6. The van der Waals surface area contributed by atoms with Gasteiger partial charge in [-0.25, -0.2) is 9.13 Å². The van der Waals surface area contributed by atoms with Crippen molar-refractivity contribution < 1.29 is 82.0 Å². The van der Waals surface area contributed by atoms with E-state index in [-0.39, 0.29) is 25.7 Å². The Morgan fingerprint density at radius 2 is 1.03 bits per heavy atom. The average Bonchev–Trinajstić information content (AvgIpc) is 3.29. The number of aliphatic hydroxyl groups excluding tert-OH is 5. The molecule has 68 heavy (non-hydrogen) atoms. The molecule has 1 aliphatic rings. The molecule has 0 aromatic heterocycles. The molecule has 1 aliphatic carbocycles. The number of hydrogen-bond donors (Lipinski definition) is 8. The fraction of sp³-hybridized carbons (Fsp3) is 0.673. The maximum Gasteiger partial charge on any atom is 0.472 e. The highest BCUT2D eigenvalue weighted by molar-refractivity contribution is 7.47. The summed E-state index contributed by atoms with van der Waals surface area (Å²) in [5.74, 6) is -1.48. The summed E-state index contributed by atoms with van der Waals surface area (Å²) in [6, 6.07) is 0. The minimum atomic E-state index is -5.39. The van der Waals surface area contributed by atoms with Crippen LogP contribution in [-0.4, -0.2) is 114 Å². The van der Waals surface area contributed by atoms with Gasteiger partial charge in [0.1, 0.15) is 43.2 Å². The third kappa shape index (κ3) is 32.9. The summed E-state index contributed by atoms with van der Waals surface area (Å²) < 4.78 is 49.2. The Labute approximate surface area is 404 Å². The summed E-state index contributed by atoms with van der Waals surface area (Å²) in [4.78, 5) is 54.3. The average molecular weight is 1010 g/mol. The van der Waals surface area contributed by atoms with Gasteiger partial charge in [-0.2, -0.15) is 0 Å². The van der Waals surface area contributed by atoms with E-state index in [1.807, 2.05) is 18.2 Å². The van der Waals surface area contributed by atoms with E-state index < -0.39 is 89.6 Å². The molecule has 0 saturated heterocycles. The van der Waals surface area contributed by atoms with Gasteiger partial charge in [-0.1, -0.05) is 144 Å². The lowest BCUT2D eigenvalue weighted by molar-refractivity contribution is -0.216. The smallest absolute Gasteiger partial charge is 0.462 e. The van der Waals surface area contributed by atoms with Crippen LogP contribution in [0.5, 0.6) is 0 Å². The number of unbranched alkanes of at least 4 members (excludes halogenated alkanes) is 10. The van der Waals surface area contributed by atoms with Crippen molar-refractivity contribution in [3.05, 3.63) is 85.1 Å². The number of carbonyl (C=O) groups is 2. The monoisotopic (exact) mass is 1000 g/mol. The Hall–Kier alpha value is -2.86. The maximum atomic E-state index is 13.0. The molecule has 0 heterocycles. The Bertz CT molecular complexity index is 1650. The zero-order valence-corrected chi connectivity index (χ0v) is 41.9. The summed E-state index contributed by atoms with van der Waals surface area (Å²) in [6.45, 7) is 2.86. The lowest BCUT2D eigenvalue weighted by Crippen LogP contribution is -2.64. The molecule has 9 atom stereocenters. The molecule has 8 N–H and O–H groups in total. The minimum absolute atomic E-state index is 0.00430. The fourth-order valence-corrected chi connectivity index (χ4v) is 8.27. The first-order valence-electron chi connectivity index (χ1n) is 24.2. The zero-order valence-electron chi connectivity index (χ0n) is 40.1. The van der Waals surface area contributed by atoms with Crippen molar-refractivity contribution in [1.82, 2.24) is 0 Å². The summed E-state index contributed by atoms with van der Waals surface area (Å²) in [5.41, 5.74) is 0. The van der Waals surface area contributed by atoms with Crippen molar-refractivity contribution in [2.45, 2.75) is 198 Å². The van der Waals surface area contributed by atoms with Crippen molar-refractivity contribution in [2.24, 2.45) is 0 Å². The number of rotatable bonds is 39. The molecule has 5 unspecified atom stereocenters. The van der Waals surface area contributed by atoms with Crippen LogP contribution < -0.4 is 0 Å². The van der Waals surface area contributed by atoms with Gasteiger partial charge in [0.05, 0.1) is 12.7 Å². The number of phosphoric acid groups is 2. The SMILES string of the molecule is CCCCC/C=C\C/C=C\C/C=C\C=C\[C@H](O)CCCC(=O)O[C@H](COC(=O)CCC/C=C\C/C=C\C/C=C\CCCCCCCC)COP(=O)(O)O[C@H]1C(O)C(O)C(O)[C@@H](OP(=O)(O)O)C1O. The van der Waals surface area contributed by atoms with Crippen molar-refractivity contribution in [3.63, 3.8) is 0 Å². The van der Waals surface area contributed by atoms with Crippen LogP contribution >= 0.6 is 15.6 Å². The fourth-order valence-electron chi connectivity index (χ4n) is 6.73. The van der Waals surface area contributed by atoms with E-state index >= 15 is 0 Å². The Morgan fingerprint density at radius 1 is 0.544 bits per heavy atom. The molecular weight excluding hydrogens is 922 g/mol. The van der Waals surface area contributed by atoms with Gasteiger partial charge in [-0.05, 0) is 77.0 Å². The molecule has 0 bridgehead atoms. The second kappa shape index (κ2) is 38.8. The standard InChI is InChI=1S/C49H82O17P2/c1-3-5-7-9-11-13-15-17-18-19-20-22-24-26-28-30-32-36-42(51)62-38-41(39-63-68(60,61)66-49-46(55)44(53)45(54)48(47(49)56)65-67(57,58)59)64-43(52)37-33-35-40(50)34-31-29-27-25-23-21-16-14-12-10-8-6-4-2/h12,14,17-18,20-23,26-29,31,34,40-41,44-50,53-56H,3-11,13,15-16,19,24-25,30,32-33,35-39H2,1-2H3,(H,60,61)(H2,57,58,59)/b14-12-,18-17-,22-20-,23-21-,28-26-,29-27-,34-31+/t40-,41+,44?,45?,46?,47?,48+,49-/m0/s1. The van der Waals surface area contributed by atoms with Crippen molar-refractivity contribution >= 4 is 27.6 Å². The summed E-state index contributed by atoms with van der Waals surface area (Å²) in [7, 11) is -10.8. The van der Waals surface area contributed by atoms with Crippen LogP contribution in [0, 0.1) is 0 Å². The van der Waals surface area contributed by atoms with Crippen molar-refractivity contribution in [1.29, 1.82) is 0 Å². The highest BCUT2D eigenvalue weighted by atomic mass is 31.2. The van der Waals surface area contributed by atoms with Gasteiger partial charge in [0.15, 0.2) is 6.10 Å². The zero-order chi connectivity index (χ0) is 50.5. The van der Waals surface area contributed by atoms with Crippen molar-refractivity contribution in [3.8, 4) is 0 Å². The van der Waals surface area contributed by atoms with Gasteiger partial charge in [-0.15, -0.1) is 0 Å². The largest absolute Gasteiger partial charge is 0.472 e. The van der Waals surface area contributed by atoms with E-state index in [1.165, 1.54) is 57.8 Å². The molecule has 390 valence electrons. The van der Waals surface area contributed by atoms with Gasteiger partial charge in [0.25, 0.3) is 0 Å². The molecular formula is C49H82O17P2. The van der Waals surface area contributed by atoms with Gasteiger partial charge >= 0.3 is 27.6 Å². The first kappa shape index (κ1) is 63.2. The molecule has 0 spiro atoms. The summed E-state index contributed by atoms with van der Waals surface area (Å²) >= 11 is 0. The normalized spacial score (nSPS) is 22.4. The molecule has 1 rings (SSSR count). The molecule has 0 aromatic carbocycles. The molecule has 0 radical (unpaired) electrons. The van der Waals surface area contributed by atoms with Gasteiger partial charge in [-0.3, -0.25) is 23.2 Å². The second-order valence-electron chi connectivity index (χ2n) is 16.7. The first-order valence-corrected chi connectivity index (χ1v) is 27.3. The van der Waals surface area contributed by atoms with Gasteiger partial charge < -0.3 is 49.7 Å². The van der Waals surface area contributed by atoms with E-state index in [0.717, 1.165) is 38.5 Å². The topological polar surface area (TPSA) is 276 Å². The number of esters is 2. The number of phosphoric ester groups is 2. The molecule has 0 amide bonds. The van der Waals surface area contributed by atoms with Crippen LogP contribution in [0.15, 0.2) is 85.1 Å². The molecule has 19 heteroatoms. The van der Waals surface area contributed by atoms with Crippen LogP contribution in [0.25, 0.3) is 0 Å². The van der Waals surface area contributed by atoms with Crippen LogP contribution in [0.1, 0.15) is 149 Å². The highest BCUT2D eigenvalue weighted by Gasteiger charge is 2.54. The molecule has 1 fully saturated rings. The second-order valence-corrected chi connectivity index (χ2v) is 19.3. The number of carbonyl (C=O) groups excluding carboxylic acids is 2. The Morgan fingerprint density at radius 3 is 1.62 bits per heavy atom. The van der Waals surface area contributed by atoms with E-state index in [1.54, 1.807) is 18.2 Å². The predicted octanol–water partition coefficient (Wildman–Crippen LogP) is 8.36. The third-order valence-electron chi connectivity index (χ3n) is 10.5. The predicted molar refractivity (Wildman–Crippen MR) is 261 cm³/mol. The summed E-state index contributed by atoms with van der Waals surface area (Å²) in [6.07, 6.45) is 29.9. The van der Waals surface area contributed by atoms with Crippen LogP contribution in [-0.2, 0) is 41.8 Å². The van der Waals surface area contributed by atoms with E-state index in [0.29, 0.717) is 12.8 Å². The minimum Gasteiger partial charge on any atom is -0.462 e. The number of aliphatic hydroxyl groups is 5. The van der Waals surface area contributed by atoms with Crippen LogP contribution in [0.4, 0.5) is 0 Å². The molecule has 0 aliphatic heterocycles. The quantitative estimate of drug-likeness (QED) is 0.00944. The molecule has 0 aromatic rings. The van der Waals surface area contributed by atoms with E-state index in [9.17, 15) is 58.9 Å². The van der Waals surface area contributed by atoms with E-state index in [2.05, 4.69) is 67.0 Å². The highest BCUT2D eigenvalue weighted by Crippen LogP contribution is 2.49. The number of hydrogen-bond acceptors (Lipinski definition) is 14. The van der Waals surface area contributed by atoms with Crippen molar-refractivity contribution in [2.75, 3.05) is 13.2 Å². The maximum absolute atomic E-state index is 13.0.